The van der Waals surface area contributed by atoms with Gasteiger partial charge < -0.3 is 14.5 Å². The summed E-state index contributed by atoms with van der Waals surface area (Å²) in [6, 6.07) is 0.343. The van der Waals surface area contributed by atoms with E-state index in [4.69, 9.17) is 4.74 Å². The summed E-state index contributed by atoms with van der Waals surface area (Å²) >= 11 is 0. The van der Waals surface area contributed by atoms with Crippen molar-refractivity contribution in [2.45, 2.75) is 51.1 Å². The molecule has 0 aromatic rings. The molecule has 1 unspecified atom stereocenters. The molecule has 154 valence electrons. The van der Waals surface area contributed by atoms with Crippen molar-refractivity contribution in [1.82, 2.24) is 19.6 Å². The van der Waals surface area contributed by atoms with Gasteiger partial charge in [-0.25, -0.2) is 0 Å². The Labute approximate surface area is 163 Å². The molecule has 0 aromatic heterocycles. The van der Waals surface area contributed by atoms with E-state index in [-0.39, 0.29) is 17.9 Å². The summed E-state index contributed by atoms with van der Waals surface area (Å²) in [5.74, 6) is 0.452. The zero-order chi connectivity index (χ0) is 19.2. The zero-order valence-electron chi connectivity index (χ0n) is 17.1. The molecule has 1 atom stereocenters. The third kappa shape index (κ3) is 5.42. The zero-order valence-corrected chi connectivity index (χ0v) is 17.1. The predicted molar refractivity (Wildman–Crippen MR) is 105 cm³/mol. The molecule has 1 saturated carbocycles. The fourth-order valence-corrected chi connectivity index (χ4v) is 4.51. The third-order valence-corrected chi connectivity index (χ3v) is 6.50. The first-order valence-corrected chi connectivity index (χ1v) is 10.6. The van der Waals surface area contributed by atoms with Crippen LogP contribution in [0, 0.1) is 0 Å². The summed E-state index contributed by atoms with van der Waals surface area (Å²) < 4.78 is 5.32. The van der Waals surface area contributed by atoms with Crippen molar-refractivity contribution >= 4 is 11.8 Å². The highest BCUT2D eigenvalue weighted by atomic mass is 16.5. The molecule has 3 fully saturated rings. The number of piperazine rings is 1. The van der Waals surface area contributed by atoms with Crippen LogP contribution in [0.4, 0.5) is 0 Å². The van der Waals surface area contributed by atoms with Gasteiger partial charge in [-0.2, -0.15) is 0 Å². The van der Waals surface area contributed by atoms with Gasteiger partial charge in [0.25, 0.3) is 0 Å². The molecule has 3 rings (SSSR count). The van der Waals surface area contributed by atoms with Gasteiger partial charge in [0, 0.05) is 52.4 Å². The number of likely N-dealkylation sites (N-methyl/N-ethyl adjacent to an activating group) is 1. The van der Waals surface area contributed by atoms with Crippen LogP contribution >= 0.6 is 0 Å². The molecule has 1 aliphatic carbocycles. The number of carbonyl (C=O) groups is 2. The van der Waals surface area contributed by atoms with Crippen LogP contribution in [-0.2, 0) is 14.3 Å². The number of morpholine rings is 1. The number of hydrogen-bond donors (Lipinski definition) is 0. The van der Waals surface area contributed by atoms with Crippen molar-refractivity contribution in [3.8, 4) is 0 Å². The van der Waals surface area contributed by atoms with E-state index in [1.165, 1.54) is 19.3 Å². The smallest absolute Gasteiger partial charge is 0.239 e. The lowest BCUT2D eigenvalue weighted by Gasteiger charge is -2.40. The Balaban J connectivity index is 1.42. The molecular weight excluding hydrogens is 344 g/mol. The molecule has 2 saturated heterocycles. The molecule has 0 spiro atoms. The Hall–Kier alpha value is -1.18. The van der Waals surface area contributed by atoms with Crippen molar-refractivity contribution in [3.63, 3.8) is 0 Å². The number of hydrogen-bond acceptors (Lipinski definition) is 5. The average molecular weight is 381 g/mol. The lowest BCUT2D eigenvalue weighted by atomic mass is 9.94. The first-order chi connectivity index (χ1) is 13.1. The van der Waals surface area contributed by atoms with Crippen LogP contribution < -0.4 is 0 Å². The van der Waals surface area contributed by atoms with Crippen LogP contribution in [0.2, 0.25) is 0 Å². The minimum Gasteiger partial charge on any atom is -0.378 e. The molecule has 0 N–H and O–H groups in total. The van der Waals surface area contributed by atoms with Gasteiger partial charge in [0.2, 0.25) is 11.8 Å². The molecule has 3 aliphatic rings. The molecule has 2 heterocycles. The van der Waals surface area contributed by atoms with Crippen LogP contribution in [-0.4, -0.2) is 110 Å². The van der Waals surface area contributed by atoms with Gasteiger partial charge >= 0.3 is 0 Å². The number of ether oxygens (including phenoxy) is 1. The maximum atomic E-state index is 12.9. The highest BCUT2D eigenvalue weighted by Crippen LogP contribution is 2.22. The van der Waals surface area contributed by atoms with E-state index in [2.05, 4.69) is 9.80 Å². The van der Waals surface area contributed by atoms with Gasteiger partial charge in [-0.1, -0.05) is 19.3 Å². The lowest BCUT2D eigenvalue weighted by Crippen LogP contribution is -2.56. The Kier molecular flexibility index (Phi) is 7.49. The van der Waals surface area contributed by atoms with E-state index in [1.807, 2.05) is 23.8 Å². The van der Waals surface area contributed by atoms with Gasteiger partial charge in [-0.05, 0) is 19.8 Å². The Morgan fingerprint density at radius 3 is 2.26 bits per heavy atom. The molecule has 27 heavy (non-hydrogen) atoms. The summed E-state index contributed by atoms with van der Waals surface area (Å²) in [4.78, 5) is 33.7. The fourth-order valence-electron chi connectivity index (χ4n) is 4.51. The van der Waals surface area contributed by atoms with Crippen LogP contribution in [0.5, 0.6) is 0 Å². The summed E-state index contributed by atoms with van der Waals surface area (Å²) in [5, 5.41) is 0. The maximum absolute atomic E-state index is 12.9. The summed E-state index contributed by atoms with van der Waals surface area (Å²) in [5.41, 5.74) is 0. The maximum Gasteiger partial charge on any atom is 0.239 e. The number of rotatable bonds is 5. The Morgan fingerprint density at radius 2 is 1.63 bits per heavy atom. The quantitative estimate of drug-likeness (QED) is 0.701. The fraction of sp³-hybridized carbons (Fsp3) is 0.900. The minimum absolute atomic E-state index is 0.0750. The Morgan fingerprint density at radius 1 is 1.00 bits per heavy atom. The van der Waals surface area contributed by atoms with Crippen LogP contribution in [0.3, 0.4) is 0 Å². The van der Waals surface area contributed by atoms with Gasteiger partial charge in [0.05, 0.1) is 25.8 Å². The molecule has 0 aromatic carbocycles. The minimum atomic E-state index is -0.0750. The Bertz CT molecular complexity index is 495. The number of nitrogens with zero attached hydrogens (tertiary/aromatic N) is 4. The van der Waals surface area contributed by atoms with E-state index in [0.717, 1.165) is 39.0 Å². The van der Waals surface area contributed by atoms with E-state index in [1.54, 1.807) is 0 Å². The molecule has 2 aliphatic heterocycles. The average Bonchev–Trinajstić information content (AvgIpc) is 2.74. The second-order valence-electron chi connectivity index (χ2n) is 8.22. The van der Waals surface area contributed by atoms with E-state index in [0.29, 0.717) is 38.9 Å². The molecule has 0 bridgehead atoms. The predicted octanol–water partition coefficient (Wildman–Crippen LogP) is 0.642. The topological polar surface area (TPSA) is 56.3 Å². The largest absolute Gasteiger partial charge is 0.378 e. The normalized spacial score (nSPS) is 24.6. The summed E-state index contributed by atoms with van der Waals surface area (Å²) in [7, 11) is 1.98. The molecule has 7 nitrogen and oxygen atoms in total. The van der Waals surface area contributed by atoms with Crippen LogP contribution in [0.15, 0.2) is 0 Å². The summed E-state index contributed by atoms with van der Waals surface area (Å²) in [6.45, 7) is 8.62. The third-order valence-electron chi connectivity index (χ3n) is 6.50. The molecule has 7 heteroatoms. The second kappa shape index (κ2) is 9.85. The summed E-state index contributed by atoms with van der Waals surface area (Å²) in [6.07, 6.45) is 6.08. The first kappa shape index (κ1) is 20.6. The van der Waals surface area contributed by atoms with Crippen molar-refractivity contribution in [2.75, 3.05) is 66.1 Å². The number of amides is 2. The molecule has 2 amide bonds. The van der Waals surface area contributed by atoms with Crippen molar-refractivity contribution in [1.29, 1.82) is 0 Å². The van der Waals surface area contributed by atoms with Gasteiger partial charge in [0.1, 0.15) is 0 Å². The highest BCUT2D eigenvalue weighted by molar-refractivity contribution is 5.81. The number of carbonyl (C=O) groups excluding carboxylic acids is 2. The van der Waals surface area contributed by atoms with E-state index >= 15 is 0 Å². The van der Waals surface area contributed by atoms with Crippen molar-refractivity contribution < 1.29 is 14.3 Å². The molecule has 0 radical (unpaired) electrons. The van der Waals surface area contributed by atoms with Crippen LogP contribution in [0.25, 0.3) is 0 Å². The lowest BCUT2D eigenvalue weighted by molar-refractivity contribution is -0.140. The van der Waals surface area contributed by atoms with E-state index < -0.39 is 0 Å². The van der Waals surface area contributed by atoms with Gasteiger partial charge in [-0.15, -0.1) is 0 Å². The second-order valence-corrected chi connectivity index (χ2v) is 8.22. The van der Waals surface area contributed by atoms with Crippen molar-refractivity contribution in [3.05, 3.63) is 0 Å². The van der Waals surface area contributed by atoms with Gasteiger partial charge in [0.15, 0.2) is 0 Å². The monoisotopic (exact) mass is 380 g/mol. The SMILES string of the molecule is CC(C(=O)N(C)C1CCCCC1)N1CCN(CC(=O)N2CCOCC2)CC1. The van der Waals surface area contributed by atoms with Gasteiger partial charge in [-0.3, -0.25) is 19.4 Å². The first-order valence-electron chi connectivity index (χ1n) is 10.6. The van der Waals surface area contributed by atoms with E-state index in [9.17, 15) is 9.59 Å². The molecular formula is C20H36N4O3. The highest BCUT2D eigenvalue weighted by Gasteiger charge is 2.31. The standard InChI is InChI=1S/C20H36N4O3/c1-17(20(26)21(2)18-6-4-3-5-7-18)23-10-8-22(9-11-23)16-19(25)24-12-14-27-15-13-24/h17-18H,3-16H2,1-2H3. The van der Waals surface area contributed by atoms with Crippen LogP contribution in [0.1, 0.15) is 39.0 Å². The van der Waals surface area contributed by atoms with Crippen molar-refractivity contribution in [2.24, 2.45) is 0 Å².